The number of aryl methyl sites for hydroxylation is 4. The van der Waals surface area contributed by atoms with Gasteiger partial charge in [0, 0.05) is 5.69 Å². The molecule has 3 aromatic heterocycles. The number of benzene rings is 1. The van der Waals surface area contributed by atoms with Crippen LogP contribution < -0.4 is 5.32 Å². The minimum Gasteiger partial charge on any atom is -0.463 e. The molecule has 0 spiro atoms. The fraction of sp³-hybridized carbons (Fsp3) is 0.190. The second-order valence-corrected chi connectivity index (χ2v) is 6.71. The summed E-state index contributed by atoms with van der Waals surface area (Å²) in [6, 6.07) is 9.35. The van der Waals surface area contributed by atoms with Gasteiger partial charge >= 0.3 is 0 Å². The van der Waals surface area contributed by atoms with Crippen LogP contribution in [0.2, 0.25) is 0 Å². The predicted octanol–water partition coefficient (Wildman–Crippen LogP) is 4.97. The molecule has 0 unspecified atom stereocenters. The molecule has 0 aliphatic heterocycles. The van der Waals surface area contributed by atoms with Crippen molar-refractivity contribution in [2.45, 2.75) is 27.7 Å². The summed E-state index contributed by atoms with van der Waals surface area (Å²) < 4.78 is 10.7. The Morgan fingerprint density at radius 2 is 1.81 bits per heavy atom. The third-order valence-corrected chi connectivity index (χ3v) is 4.55. The van der Waals surface area contributed by atoms with Gasteiger partial charge in [0.1, 0.15) is 5.69 Å². The molecule has 4 aromatic rings. The van der Waals surface area contributed by atoms with Crippen molar-refractivity contribution in [2.75, 3.05) is 5.32 Å². The van der Waals surface area contributed by atoms with Gasteiger partial charge in [-0.05, 0) is 57.0 Å². The smallest absolute Gasteiger partial charge is 0.259 e. The fourth-order valence-electron chi connectivity index (χ4n) is 3.38. The zero-order chi connectivity index (χ0) is 19.1. The minimum atomic E-state index is -0.239. The average molecular weight is 361 g/mol. The molecule has 3 heterocycles. The number of fused-ring (bicyclic) bond motifs is 1. The number of rotatable bonds is 3. The van der Waals surface area contributed by atoms with Gasteiger partial charge in [-0.15, -0.1) is 0 Å². The molecule has 0 saturated carbocycles. The first-order chi connectivity index (χ1) is 12.9. The highest BCUT2D eigenvalue weighted by Gasteiger charge is 2.21. The van der Waals surface area contributed by atoms with Crippen molar-refractivity contribution in [3.05, 3.63) is 64.5 Å². The SMILES string of the molecule is Cc1cc(C)c(NC(=O)c2cc(-c3ccco3)nc3onc(C)c23)c(C)c1. The second-order valence-electron chi connectivity index (χ2n) is 6.71. The standard InChI is InChI=1S/C21H19N3O3/c1-11-8-12(2)19(13(3)9-11)23-20(25)15-10-16(17-6-5-7-26-17)22-21-18(15)14(4)24-27-21/h5-10H,1-4H3,(H,23,25). The monoisotopic (exact) mass is 361 g/mol. The maximum atomic E-state index is 13.2. The summed E-state index contributed by atoms with van der Waals surface area (Å²) in [6.07, 6.45) is 1.56. The summed E-state index contributed by atoms with van der Waals surface area (Å²) >= 11 is 0. The lowest BCUT2D eigenvalue weighted by molar-refractivity contribution is 0.102. The quantitative estimate of drug-likeness (QED) is 0.557. The van der Waals surface area contributed by atoms with Crippen LogP contribution in [0.15, 0.2) is 45.5 Å². The Labute approximate surface area is 156 Å². The van der Waals surface area contributed by atoms with Gasteiger partial charge < -0.3 is 14.3 Å². The van der Waals surface area contributed by atoms with Gasteiger partial charge in [-0.1, -0.05) is 22.9 Å². The highest BCUT2D eigenvalue weighted by Crippen LogP contribution is 2.29. The van der Waals surface area contributed by atoms with Gasteiger partial charge in [-0.3, -0.25) is 4.79 Å². The van der Waals surface area contributed by atoms with Crippen molar-refractivity contribution in [1.82, 2.24) is 10.1 Å². The number of hydrogen-bond acceptors (Lipinski definition) is 5. The molecule has 136 valence electrons. The molecule has 0 saturated heterocycles. The van der Waals surface area contributed by atoms with E-state index in [1.807, 2.05) is 32.9 Å². The summed E-state index contributed by atoms with van der Waals surface area (Å²) in [4.78, 5) is 17.6. The molecule has 27 heavy (non-hydrogen) atoms. The van der Waals surface area contributed by atoms with Crippen LogP contribution in [0.25, 0.3) is 22.6 Å². The normalized spacial score (nSPS) is 11.1. The average Bonchev–Trinajstić information content (AvgIpc) is 3.27. The molecule has 1 amide bonds. The number of aromatic nitrogens is 2. The molecule has 0 fully saturated rings. The lowest BCUT2D eigenvalue weighted by atomic mass is 10.0. The van der Waals surface area contributed by atoms with E-state index in [0.29, 0.717) is 33.8 Å². The first-order valence-electron chi connectivity index (χ1n) is 8.64. The molecule has 6 nitrogen and oxygen atoms in total. The third-order valence-electron chi connectivity index (χ3n) is 4.55. The van der Waals surface area contributed by atoms with Crippen LogP contribution in [-0.2, 0) is 0 Å². The Morgan fingerprint density at radius 1 is 1.07 bits per heavy atom. The van der Waals surface area contributed by atoms with Crippen LogP contribution in [0, 0.1) is 27.7 Å². The summed E-state index contributed by atoms with van der Waals surface area (Å²) in [6.45, 7) is 7.79. The molecule has 1 aromatic carbocycles. The van der Waals surface area contributed by atoms with Crippen LogP contribution in [0.3, 0.4) is 0 Å². The number of anilines is 1. The number of amides is 1. The maximum absolute atomic E-state index is 13.2. The van der Waals surface area contributed by atoms with E-state index in [-0.39, 0.29) is 5.91 Å². The van der Waals surface area contributed by atoms with Crippen LogP contribution in [0.5, 0.6) is 0 Å². The van der Waals surface area contributed by atoms with Crippen LogP contribution in [0.1, 0.15) is 32.7 Å². The Morgan fingerprint density at radius 3 is 2.48 bits per heavy atom. The fourth-order valence-corrected chi connectivity index (χ4v) is 3.38. The lowest BCUT2D eigenvalue weighted by Crippen LogP contribution is -2.15. The zero-order valence-electron chi connectivity index (χ0n) is 15.6. The van der Waals surface area contributed by atoms with Gasteiger partial charge in [0.15, 0.2) is 5.76 Å². The van der Waals surface area contributed by atoms with E-state index in [1.54, 1.807) is 31.4 Å². The maximum Gasteiger partial charge on any atom is 0.259 e. The Hall–Kier alpha value is -3.41. The molecule has 0 radical (unpaired) electrons. The molecule has 6 heteroatoms. The molecule has 0 aliphatic rings. The van der Waals surface area contributed by atoms with Gasteiger partial charge in [0.05, 0.1) is 22.9 Å². The van der Waals surface area contributed by atoms with Crippen molar-refractivity contribution >= 4 is 22.7 Å². The number of nitrogens with one attached hydrogen (secondary N) is 1. The van der Waals surface area contributed by atoms with E-state index >= 15 is 0 Å². The topological polar surface area (TPSA) is 81.2 Å². The van der Waals surface area contributed by atoms with E-state index in [2.05, 4.69) is 15.5 Å². The second kappa shape index (κ2) is 6.39. The number of furan rings is 1. The summed E-state index contributed by atoms with van der Waals surface area (Å²) in [7, 11) is 0. The van der Waals surface area contributed by atoms with Crippen LogP contribution >= 0.6 is 0 Å². The predicted molar refractivity (Wildman–Crippen MR) is 103 cm³/mol. The minimum absolute atomic E-state index is 0.239. The van der Waals surface area contributed by atoms with Crippen molar-refractivity contribution in [1.29, 1.82) is 0 Å². The Kier molecular flexibility index (Phi) is 4.03. The molecule has 4 rings (SSSR count). The van der Waals surface area contributed by atoms with E-state index in [1.165, 1.54) is 0 Å². The van der Waals surface area contributed by atoms with Gasteiger partial charge in [-0.25, -0.2) is 4.98 Å². The first-order valence-corrected chi connectivity index (χ1v) is 8.64. The molecular formula is C21H19N3O3. The Bertz CT molecular complexity index is 1130. The van der Waals surface area contributed by atoms with Crippen molar-refractivity contribution < 1.29 is 13.7 Å². The summed E-state index contributed by atoms with van der Waals surface area (Å²) in [5.74, 6) is 0.319. The lowest BCUT2D eigenvalue weighted by Gasteiger charge is -2.13. The van der Waals surface area contributed by atoms with Crippen LogP contribution in [0.4, 0.5) is 5.69 Å². The van der Waals surface area contributed by atoms with Gasteiger partial charge in [-0.2, -0.15) is 0 Å². The molecule has 1 N–H and O–H groups in total. The van der Waals surface area contributed by atoms with E-state index in [0.717, 1.165) is 22.4 Å². The van der Waals surface area contributed by atoms with E-state index in [9.17, 15) is 4.79 Å². The summed E-state index contributed by atoms with van der Waals surface area (Å²) in [5, 5.41) is 7.61. The Balaban J connectivity index is 1.83. The molecule has 0 bridgehead atoms. The number of nitrogens with zero attached hydrogens (tertiary/aromatic N) is 2. The number of carbonyl (C=O) groups is 1. The van der Waals surface area contributed by atoms with Gasteiger partial charge in [0.25, 0.3) is 11.6 Å². The molecule has 0 aliphatic carbocycles. The highest BCUT2D eigenvalue weighted by molar-refractivity contribution is 6.13. The first kappa shape index (κ1) is 17.0. The number of pyridine rings is 1. The van der Waals surface area contributed by atoms with Crippen LogP contribution in [-0.4, -0.2) is 16.0 Å². The van der Waals surface area contributed by atoms with Crippen molar-refractivity contribution in [2.24, 2.45) is 0 Å². The number of carbonyl (C=O) groups excluding carboxylic acids is 1. The van der Waals surface area contributed by atoms with E-state index < -0.39 is 0 Å². The van der Waals surface area contributed by atoms with Crippen molar-refractivity contribution in [3.8, 4) is 11.5 Å². The third kappa shape index (κ3) is 2.99. The summed E-state index contributed by atoms with van der Waals surface area (Å²) in [5.41, 5.74) is 5.89. The van der Waals surface area contributed by atoms with E-state index in [4.69, 9.17) is 8.94 Å². The zero-order valence-corrected chi connectivity index (χ0v) is 15.6. The molecule has 0 atom stereocenters. The van der Waals surface area contributed by atoms with Gasteiger partial charge in [0.2, 0.25) is 0 Å². The largest absolute Gasteiger partial charge is 0.463 e. The molecular weight excluding hydrogens is 342 g/mol. The number of hydrogen-bond donors (Lipinski definition) is 1. The highest BCUT2D eigenvalue weighted by atomic mass is 16.5. The van der Waals surface area contributed by atoms with Crippen molar-refractivity contribution in [3.63, 3.8) is 0 Å².